The number of aromatic nitrogens is 5. The van der Waals surface area contributed by atoms with Gasteiger partial charge in [0.15, 0.2) is 23.6 Å². The zero-order valence-electron chi connectivity index (χ0n) is 19.9. The largest absolute Gasteiger partial charge is 0.466 e. The molecule has 0 unspecified atom stereocenters. The van der Waals surface area contributed by atoms with Crippen molar-refractivity contribution in [2.75, 3.05) is 11.9 Å². The van der Waals surface area contributed by atoms with Crippen molar-refractivity contribution >= 4 is 64.9 Å². The summed E-state index contributed by atoms with van der Waals surface area (Å²) >= 11 is 2.13. The molecule has 0 radical (unpaired) electrons. The molecule has 0 amide bonds. The highest BCUT2D eigenvalue weighted by Gasteiger charge is 2.48. The number of rotatable bonds is 7. The monoisotopic (exact) mass is 634 g/mol. The second-order valence-electron chi connectivity index (χ2n) is 9.54. The molecular weight excluding hydrogens is 610 g/mol. The Hall–Kier alpha value is -2.74. The van der Waals surface area contributed by atoms with E-state index in [4.69, 9.17) is 9.72 Å². The van der Waals surface area contributed by atoms with Crippen LogP contribution in [0, 0.1) is 23.6 Å². The number of nitrogens with zero attached hydrogens (tertiary/aromatic N) is 5. The summed E-state index contributed by atoms with van der Waals surface area (Å²) in [7, 11) is 1.40. The third kappa shape index (κ3) is 4.17. The fraction of sp³-hybridized carbons (Fsp3) is 0.400. The Balaban J connectivity index is 1.50. The summed E-state index contributed by atoms with van der Waals surface area (Å²) in [5, 5.41) is 8.80. The summed E-state index contributed by atoms with van der Waals surface area (Å²) < 4.78 is 23.0. The number of halogens is 2. The molecule has 4 aromatic heterocycles. The number of nitrogens with one attached hydrogen (secondary N) is 1. The first-order valence-corrected chi connectivity index (χ1v) is 15.6. The van der Waals surface area contributed by atoms with Crippen molar-refractivity contribution in [2.24, 2.45) is 17.8 Å². The van der Waals surface area contributed by atoms with E-state index < -0.39 is 5.82 Å². The maximum Gasteiger partial charge on any atom is 0.311 e. The molecule has 3 fully saturated rings. The van der Waals surface area contributed by atoms with Crippen molar-refractivity contribution in [1.82, 2.24) is 23.6 Å². The van der Waals surface area contributed by atoms with Gasteiger partial charge < -0.3 is 10.1 Å². The number of aldehydes is 1. The molecule has 3 aliphatic rings. The molecule has 12 heteroatoms. The van der Waals surface area contributed by atoms with Crippen LogP contribution in [0.5, 0.6) is 0 Å². The van der Waals surface area contributed by atoms with Crippen LogP contribution in [0.25, 0.3) is 27.9 Å². The fourth-order valence-corrected chi connectivity index (χ4v) is 7.26. The number of carbonyl (C=O) groups excluding carboxylic acids is 2. The molecule has 7 rings (SSSR count). The van der Waals surface area contributed by atoms with Gasteiger partial charge in [-0.25, -0.2) is 18.9 Å². The lowest BCUT2D eigenvalue weighted by Crippen LogP contribution is -2.52. The first-order valence-electron chi connectivity index (χ1n) is 12.3. The summed E-state index contributed by atoms with van der Waals surface area (Å²) in [6.45, 7) is 2.16. The highest BCUT2D eigenvalue weighted by molar-refractivity contribution is 14.2. The van der Waals surface area contributed by atoms with Gasteiger partial charge in [-0.15, -0.1) is 5.10 Å². The molecule has 4 heterocycles. The number of fused-ring (bicyclic) bond motifs is 5. The number of ether oxygens (including phenoxy) is 1. The third-order valence-electron chi connectivity index (χ3n) is 7.64. The second-order valence-corrected chi connectivity index (χ2v) is 11.3. The number of hydrogen-bond donors (Lipinski definition) is 1. The predicted molar refractivity (Wildman–Crippen MR) is 147 cm³/mol. The molecule has 0 spiro atoms. The number of carbonyl (C=O) groups is 2. The minimum Gasteiger partial charge on any atom is -0.466 e. The Labute approximate surface area is 228 Å². The number of hydrogen-bond acceptors (Lipinski definition) is 8. The second kappa shape index (κ2) is 9.86. The van der Waals surface area contributed by atoms with E-state index in [0.717, 1.165) is 32.0 Å². The SMILES string of the molecule is CCOC(=O)[C@H]1[C@H]2CC[C@H](CC2)[C@@H]1Nc1nc(-c2cn(SI)c3ncc(F)cc23)nn2c(C=O)ccc12. The van der Waals surface area contributed by atoms with Gasteiger partial charge in [-0.1, -0.05) is 0 Å². The quantitative estimate of drug-likeness (QED) is 0.166. The molecule has 37 heavy (non-hydrogen) atoms. The van der Waals surface area contributed by atoms with Crippen LogP contribution >= 0.6 is 30.3 Å². The Morgan fingerprint density at radius 3 is 2.81 bits per heavy atom. The van der Waals surface area contributed by atoms with Gasteiger partial charge in [0, 0.05) is 53.5 Å². The van der Waals surface area contributed by atoms with Gasteiger partial charge in [-0.2, -0.15) is 0 Å². The van der Waals surface area contributed by atoms with Crippen LogP contribution in [-0.2, 0) is 9.53 Å². The first kappa shape index (κ1) is 24.6. The van der Waals surface area contributed by atoms with E-state index >= 15 is 0 Å². The van der Waals surface area contributed by atoms with Crippen molar-refractivity contribution in [3.63, 3.8) is 0 Å². The standard InChI is InChI=1S/C25H24FIN6O3S/c1-2-36-25(35)20-13-3-5-14(6-4-13)21(20)29-23-19-8-7-16(12-34)33(19)31-22(30-23)18-11-32(37-27)24-17(18)9-15(26)10-28-24/h7-14,20-21H,2-6H2,1H3,(H,29,30,31)/t13-,14+,20-,21-/m0/s1. The molecule has 4 aromatic rings. The maximum absolute atomic E-state index is 14.2. The smallest absolute Gasteiger partial charge is 0.311 e. The number of anilines is 1. The lowest BCUT2D eigenvalue weighted by Gasteiger charge is -2.47. The van der Waals surface area contributed by atoms with Crippen LogP contribution in [0.4, 0.5) is 10.2 Å². The van der Waals surface area contributed by atoms with Crippen LogP contribution in [0.15, 0.2) is 30.6 Å². The van der Waals surface area contributed by atoms with Gasteiger partial charge >= 0.3 is 5.97 Å². The minimum atomic E-state index is -0.463. The average Bonchev–Trinajstić information content (AvgIpc) is 3.50. The number of pyridine rings is 1. The summed E-state index contributed by atoms with van der Waals surface area (Å²) in [5.41, 5.74) is 2.18. The van der Waals surface area contributed by atoms with Gasteiger partial charge in [-0.05, 0) is 62.6 Å². The van der Waals surface area contributed by atoms with E-state index in [1.165, 1.54) is 21.4 Å². The van der Waals surface area contributed by atoms with Crippen LogP contribution in [0.3, 0.4) is 0 Å². The fourth-order valence-electron chi connectivity index (χ4n) is 6.00. The molecule has 3 aliphatic carbocycles. The molecule has 1 N–H and O–H groups in total. The summed E-state index contributed by atoms with van der Waals surface area (Å²) in [5.74, 6) is 0.531. The van der Waals surface area contributed by atoms with Crippen molar-refractivity contribution < 1.29 is 18.7 Å². The maximum atomic E-state index is 14.2. The van der Waals surface area contributed by atoms with Gasteiger partial charge in [0.1, 0.15) is 17.0 Å². The first-order chi connectivity index (χ1) is 18.0. The highest BCUT2D eigenvalue weighted by Crippen LogP contribution is 2.47. The predicted octanol–water partition coefficient (Wildman–Crippen LogP) is 5.32. The molecular formula is C25H24FIN6O3S. The molecule has 2 bridgehead atoms. The highest BCUT2D eigenvalue weighted by atomic mass is 127. The summed E-state index contributed by atoms with van der Waals surface area (Å²) in [6, 6.07) is 4.75. The van der Waals surface area contributed by atoms with Crippen LogP contribution in [0.1, 0.15) is 43.1 Å². The Morgan fingerprint density at radius 1 is 1.30 bits per heavy atom. The van der Waals surface area contributed by atoms with Gasteiger partial charge in [0.25, 0.3) is 0 Å². The van der Waals surface area contributed by atoms with Crippen LogP contribution in [-0.4, -0.2) is 48.5 Å². The third-order valence-corrected chi connectivity index (χ3v) is 9.34. The van der Waals surface area contributed by atoms with E-state index in [1.54, 1.807) is 16.6 Å². The molecule has 0 aromatic carbocycles. The van der Waals surface area contributed by atoms with Crippen molar-refractivity contribution in [2.45, 2.75) is 38.6 Å². The normalized spacial score (nSPS) is 23.0. The van der Waals surface area contributed by atoms with E-state index in [1.807, 2.05) is 17.1 Å². The molecule has 0 saturated heterocycles. The molecule has 0 aliphatic heterocycles. The van der Waals surface area contributed by atoms with Crippen molar-refractivity contribution in [1.29, 1.82) is 0 Å². The van der Waals surface area contributed by atoms with E-state index in [9.17, 15) is 14.0 Å². The van der Waals surface area contributed by atoms with E-state index in [2.05, 4.69) is 36.6 Å². The Kier molecular flexibility index (Phi) is 6.55. The zero-order valence-corrected chi connectivity index (χ0v) is 22.9. The van der Waals surface area contributed by atoms with Gasteiger partial charge in [0.05, 0.1) is 18.7 Å². The van der Waals surface area contributed by atoms with Crippen LogP contribution < -0.4 is 5.32 Å². The average molecular weight is 634 g/mol. The van der Waals surface area contributed by atoms with Crippen LogP contribution in [0.2, 0.25) is 0 Å². The lowest BCUT2D eigenvalue weighted by atomic mass is 9.61. The topological polar surface area (TPSA) is 103 Å². The van der Waals surface area contributed by atoms with E-state index in [-0.39, 0.29) is 23.8 Å². The molecule has 9 nitrogen and oxygen atoms in total. The lowest BCUT2D eigenvalue weighted by molar-refractivity contribution is -0.154. The van der Waals surface area contributed by atoms with Gasteiger partial charge in [-0.3, -0.25) is 13.6 Å². The summed E-state index contributed by atoms with van der Waals surface area (Å²) in [4.78, 5) is 34.0. The molecule has 3 saturated carbocycles. The summed E-state index contributed by atoms with van der Waals surface area (Å²) in [6.07, 6.45) is 7.84. The Morgan fingerprint density at radius 2 is 2.08 bits per heavy atom. The molecule has 2 atom stereocenters. The van der Waals surface area contributed by atoms with Gasteiger partial charge in [0.2, 0.25) is 0 Å². The minimum absolute atomic E-state index is 0.141. The molecule has 192 valence electrons. The zero-order chi connectivity index (χ0) is 25.7. The van der Waals surface area contributed by atoms with Crippen molar-refractivity contribution in [3.05, 3.63) is 42.1 Å². The van der Waals surface area contributed by atoms with E-state index in [0.29, 0.717) is 52.0 Å². The van der Waals surface area contributed by atoms with Crippen molar-refractivity contribution in [3.8, 4) is 11.4 Å². The number of esters is 1. The Bertz CT molecular complexity index is 1520.